The molecule has 15 nitrogen and oxygen atoms in total. The number of aliphatic carboxylic acids is 1. The Kier molecular flexibility index (Phi) is 21.8. The average molecular weight is 731 g/mol. The van der Waals surface area contributed by atoms with E-state index >= 15 is 0 Å². The molecular weight excluding hydrogens is 668 g/mol. The number of carboxylic acids is 1. The number of carboxylic acid groups (broad SMARTS) is 1. The molecule has 1 rings (SSSR count). The van der Waals surface area contributed by atoms with Crippen LogP contribution in [0.3, 0.4) is 0 Å². The standard InChI is InChI=1S/C37H62N8O7/c1-6-7-12-27(35(49)44-30(22-26-17-15-24(4)16-18-26)36(50)45-31(37(51)52)21-23(2)3)42-34(48)29(14-9-11-20-39)43-33(47)28(13-8-10-19-38)41-32(46)25(5)40/h6-7,15-18,23,25,27-31H,8-14,19-22,38-40H2,1-5H3,(H,41,46)(H,42,48)(H,43,47)(H,44,49)(H,45,50)(H,51,52)/b7-6+/t25-,27-,28-,29-,30-,31-/m0/s1. The molecule has 12 N–H and O–H groups in total. The lowest BCUT2D eigenvalue weighted by Gasteiger charge is -2.27. The third kappa shape index (κ3) is 17.7. The van der Waals surface area contributed by atoms with Crippen molar-refractivity contribution in [2.45, 2.75) is 129 Å². The highest BCUT2D eigenvalue weighted by molar-refractivity contribution is 5.96. The van der Waals surface area contributed by atoms with Crippen LogP contribution >= 0.6 is 0 Å². The third-order valence-electron chi connectivity index (χ3n) is 8.33. The van der Waals surface area contributed by atoms with Crippen molar-refractivity contribution in [3.63, 3.8) is 0 Å². The zero-order chi connectivity index (χ0) is 39.2. The maximum absolute atomic E-state index is 13.9. The van der Waals surface area contributed by atoms with Gasteiger partial charge >= 0.3 is 5.97 Å². The van der Waals surface area contributed by atoms with Crippen molar-refractivity contribution in [3.05, 3.63) is 47.5 Å². The lowest BCUT2D eigenvalue weighted by atomic mass is 10.0. The quantitative estimate of drug-likeness (QED) is 0.0502. The summed E-state index contributed by atoms with van der Waals surface area (Å²) in [4.78, 5) is 79.1. The van der Waals surface area contributed by atoms with E-state index in [9.17, 15) is 33.9 Å². The van der Waals surface area contributed by atoms with Gasteiger partial charge in [0.1, 0.15) is 30.2 Å². The van der Waals surface area contributed by atoms with Crippen molar-refractivity contribution < 1.29 is 33.9 Å². The number of unbranched alkanes of at least 4 members (excludes halogenated alkanes) is 2. The molecule has 0 fully saturated rings. The maximum atomic E-state index is 13.9. The molecule has 0 saturated carbocycles. The molecule has 0 bridgehead atoms. The van der Waals surface area contributed by atoms with Crippen LogP contribution in [0, 0.1) is 12.8 Å². The van der Waals surface area contributed by atoms with Crippen LogP contribution in [0.15, 0.2) is 36.4 Å². The number of allylic oxidation sites excluding steroid dienone is 1. The van der Waals surface area contributed by atoms with Crippen LogP contribution in [0.1, 0.15) is 90.2 Å². The average Bonchev–Trinajstić information content (AvgIpc) is 3.08. The first-order valence-corrected chi connectivity index (χ1v) is 18.2. The number of carbonyl (C=O) groups is 6. The summed E-state index contributed by atoms with van der Waals surface area (Å²) >= 11 is 0. The van der Waals surface area contributed by atoms with E-state index in [-0.39, 0.29) is 38.0 Å². The van der Waals surface area contributed by atoms with Gasteiger partial charge in [-0.05, 0) is 96.7 Å². The highest BCUT2D eigenvalue weighted by Gasteiger charge is 2.32. The summed E-state index contributed by atoms with van der Waals surface area (Å²) in [6.07, 6.45) is 6.42. The first-order valence-electron chi connectivity index (χ1n) is 18.2. The van der Waals surface area contributed by atoms with Crippen LogP contribution in [0.5, 0.6) is 0 Å². The van der Waals surface area contributed by atoms with E-state index < -0.39 is 71.8 Å². The van der Waals surface area contributed by atoms with Gasteiger partial charge in [0.15, 0.2) is 0 Å². The van der Waals surface area contributed by atoms with Gasteiger partial charge in [0.25, 0.3) is 0 Å². The fraction of sp³-hybridized carbons (Fsp3) is 0.622. The van der Waals surface area contributed by atoms with E-state index in [1.807, 2.05) is 45.0 Å². The van der Waals surface area contributed by atoms with Gasteiger partial charge in [-0.1, -0.05) is 55.8 Å². The molecule has 0 aliphatic rings. The summed E-state index contributed by atoms with van der Waals surface area (Å²) in [7, 11) is 0. The zero-order valence-electron chi connectivity index (χ0n) is 31.4. The Bertz CT molecular complexity index is 1320. The van der Waals surface area contributed by atoms with Crippen molar-refractivity contribution in [1.82, 2.24) is 26.6 Å². The molecule has 52 heavy (non-hydrogen) atoms. The number of amides is 5. The van der Waals surface area contributed by atoms with Crippen LogP contribution < -0.4 is 43.8 Å². The Morgan fingerprint density at radius 1 is 0.673 bits per heavy atom. The molecule has 15 heteroatoms. The molecule has 0 aromatic heterocycles. The van der Waals surface area contributed by atoms with Gasteiger partial charge < -0.3 is 48.9 Å². The van der Waals surface area contributed by atoms with Crippen LogP contribution in [0.25, 0.3) is 0 Å². The van der Waals surface area contributed by atoms with Crippen LogP contribution in [-0.4, -0.2) is 90.0 Å². The molecule has 0 saturated heterocycles. The predicted octanol–water partition coefficient (Wildman–Crippen LogP) is 0.664. The summed E-state index contributed by atoms with van der Waals surface area (Å²) in [6, 6.07) is 0.961. The minimum absolute atomic E-state index is 0.0213. The molecule has 0 aliphatic carbocycles. The van der Waals surface area contributed by atoms with Crippen LogP contribution in [0.4, 0.5) is 0 Å². The first-order chi connectivity index (χ1) is 24.6. The molecule has 0 spiro atoms. The van der Waals surface area contributed by atoms with E-state index in [0.29, 0.717) is 38.8 Å². The van der Waals surface area contributed by atoms with E-state index in [1.54, 1.807) is 19.1 Å². The molecule has 292 valence electrons. The van der Waals surface area contributed by atoms with Crippen molar-refractivity contribution in [3.8, 4) is 0 Å². The molecule has 0 unspecified atom stereocenters. The Morgan fingerprint density at radius 2 is 1.12 bits per heavy atom. The number of nitrogens with two attached hydrogens (primary N) is 3. The Morgan fingerprint density at radius 3 is 1.58 bits per heavy atom. The number of hydrogen-bond donors (Lipinski definition) is 9. The second kappa shape index (κ2) is 24.8. The summed E-state index contributed by atoms with van der Waals surface area (Å²) in [5.74, 6) is -4.32. The monoisotopic (exact) mass is 730 g/mol. The molecule has 6 atom stereocenters. The fourth-order valence-corrected chi connectivity index (χ4v) is 5.28. The van der Waals surface area contributed by atoms with Gasteiger partial charge in [-0.2, -0.15) is 0 Å². The third-order valence-corrected chi connectivity index (χ3v) is 8.33. The highest BCUT2D eigenvalue weighted by atomic mass is 16.4. The minimum Gasteiger partial charge on any atom is -0.480 e. The van der Waals surface area contributed by atoms with E-state index in [2.05, 4.69) is 26.6 Å². The Hall–Kier alpha value is -4.34. The first kappa shape index (κ1) is 45.7. The second-order valence-electron chi connectivity index (χ2n) is 13.6. The highest BCUT2D eigenvalue weighted by Crippen LogP contribution is 2.11. The van der Waals surface area contributed by atoms with E-state index in [1.165, 1.54) is 6.92 Å². The lowest BCUT2D eigenvalue weighted by Crippen LogP contribution is -2.59. The van der Waals surface area contributed by atoms with Crippen LogP contribution in [0.2, 0.25) is 0 Å². The van der Waals surface area contributed by atoms with Gasteiger partial charge in [-0.15, -0.1) is 0 Å². The summed E-state index contributed by atoms with van der Waals surface area (Å²) in [5, 5.41) is 23.2. The van der Waals surface area contributed by atoms with E-state index in [4.69, 9.17) is 17.2 Å². The molecule has 0 radical (unpaired) electrons. The molecule has 0 heterocycles. The maximum Gasteiger partial charge on any atom is 0.326 e. The number of hydrogen-bond acceptors (Lipinski definition) is 9. The van der Waals surface area contributed by atoms with Crippen LogP contribution in [-0.2, 0) is 35.2 Å². The van der Waals surface area contributed by atoms with Crippen molar-refractivity contribution in [2.24, 2.45) is 23.1 Å². The Balaban J connectivity index is 3.35. The summed E-state index contributed by atoms with van der Waals surface area (Å²) in [5.41, 5.74) is 18.8. The van der Waals surface area contributed by atoms with Gasteiger partial charge in [-0.3, -0.25) is 24.0 Å². The van der Waals surface area contributed by atoms with E-state index in [0.717, 1.165) is 11.1 Å². The normalized spacial score (nSPS) is 14.8. The summed E-state index contributed by atoms with van der Waals surface area (Å²) < 4.78 is 0. The molecular formula is C37H62N8O7. The number of carbonyl (C=O) groups excluding carboxylic acids is 5. The van der Waals surface area contributed by atoms with Gasteiger partial charge in [0, 0.05) is 6.42 Å². The Labute approximate surface area is 308 Å². The summed E-state index contributed by atoms with van der Waals surface area (Å²) in [6.45, 7) is 9.61. The largest absolute Gasteiger partial charge is 0.480 e. The van der Waals surface area contributed by atoms with Crippen molar-refractivity contribution in [1.29, 1.82) is 0 Å². The molecule has 0 aliphatic heterocycles. The minimum atomic E-state index is -1.19. The van der Waals surface area contributed by atoms with Crippen molar-refractivity contribution >= 4 is 35.5 Å². The number of rotatable bonds is 25. The second-order valence-corrected chi connectivity index (χ2v) is 13.6. The SMILES string of the molecule is C/C=C/C[C@H](NC(=O)[C@H](CCCCN)NC(=O)[C@H](CCCCN)NC(=O)[C@H](C)N)C(=O)N[C@@H](Cc1ccc(C)cc1)C(=O)N[C@@H](CC(C)C)C(=O)O. The number of aryl methyl sites for hydroxylation is 1. The fourth-order valence-electron chi connectivity index (χ4n) is 5.28. The molecule has 1 aromatic rings. The molecule has 1 aromatic carbocycles. The topological polar surface area (TPSA) is 261 Å². The smallest absolute Gasteiger partial charge is 0.326 e. The number of nitrogens with one attached hydrogen (secondary N) is 5. The van der Waals surface area contributed by atoms with Gasteiger partial charge in [0.05, 0.1) is 6.04 Å². The lowest BCUT2D eigenvalue weighted by molar-refractivity contribution is -0.142. The zero-order valence-corrected chi connectivity index (χ0v) is 31.4. The molecule has 5 amide bonds. The van der Waals surface area contributed by atoms with Gasteiger partial charge in [-0.25, -0.2) is 4.79 Å². The number of benzene rings is 1. The van der Waals surface area contributed by atoms with Gasteiger partial charge in [0.2, 0.25) is 29.5 Å². The van der Waals surface area contributed by atoms with Crippen molar-refractivity contribution in [2.75, 3.05) is 13.1 Å². The predicted molar refractivity (Wildman–Crippen MR) is 201 cm³/mol.